The zero-order valence-corrected chi connectivity index (χ0v) is 22.5. The van der Waals surface area contributed by atoms with E-state index in [-0.39, 0.29) is 22.6 Å². The molecule has 0 aliphatic rings. The van der Waals surface area contributed by atoms with E-state index in [1.54, 1.807) is 6.07 Å². The second kappa shape index (κ2) is 14.8. The third kappa shape index (κ3) is 8.49. The maximum atomic E-state index is 13.1. The number of aromatic hydroxyl groups is 1. The van der Waals surface area contributed by atoms with Gasteiger partial charge in [-0.2, -0.15) is 0 Å². The maximum absolute atomic E-state index is 13.1. The summed E-state index contributed by atoms with van der Waals surface area (Å²) in [5, 5.41) is 13.4. The average molecular weight is 512 g/mol. The highest BCUT2D eigenvalue weighted by atomic mass is 32.1. The summed E-state index contributed by atoms with van der Waals surface area (Å²) in [4.78, 5) is 29.5. The lowest BCUT2D eigenvalue weighted by Gasteiger charge is -2.30. The number of fused-ring (bicyclic) bond motifs is 1. The largest absolute Gasteiger partial charge is 0.506 e. The van der Waals surface area contributed by atoms with Gasteiger partial charge in [0.25, 0.3) is 0 Å². The van der Waals surface area contributed by atoms with Crippen LogP contribution in [0.25, 0.3) is 10.2 Å². The molecule has 3 aromatic rings. The van der Waals surface area contributed by atoms with Gasteiger partial charge >= 0.3 is 4.87 Å². The zero-order chi connectivity index (χ0) is 25.8. The highest BCUT2D eigenvalue weighted by Gasteiger charge is 2.19. The Kier molecular flexibility index (Phi) is 11.5. The number of aromatic amines is 1. The lowest BCUT2D eigenvalue weighted by Crippen LogP contribution is -2.40. The number of unbranched alkanes of at least 4 members (excludes halogenated alkanes) is 3. The van der Waals surface area contributed by atoms with Gasteiger partial charge in [0.05, 0.1) is 4.70 Å². The second-order valence-corrected chi connectivity index (χ2v) is 10.6. The van der Waals surface area contributed by atoms with Crippen molar-refractivity contribution < 1.29 is 9.90 Å². The predicted octanol–water partition coefficient (Wildman–Crippen LogP) is 5.64. The summed E-state index contributed by atoms with van der Waals surface area (Å²) in [7, 11) is 0. The van der Waals surface area contributed by atoms with Crippen LogP contribution in [-0.2, 0) is 17.6 Å². The molecule has 0 spiro atoms. The number of benzene rings is 2. The van der Waals surface area contributed by atoms with Crippen LogP contribution in [0.15, 0.2) is 47.3 Å². The van der Waals surface area contributed by atoms with Crippen molar-refractivity contribution in [3.05, 3.63) is 63.3 Å². The first kappa shape index (κ1) is 27.9. The summed E-state index contributed by atoms with van der Waals surface area (Å²) >= 11 is 1.16. The standard InChI is InChI=1S/C29H41N3O3S/c1-3-4-11-22(2)32(26(34)18-20-30-19-17-23-12-7-5-8-13-23)21-10-6-9-14-24-15-16-25(33)27-28(24)36-29(35)31-27/h5,7-8,12-13,15-16,22,30,33H,3-4,6,9-11,14,17-21H2,1-2H3,(H,31,35)/t22-/m1/s1. The fourth-order valence-electron chi connectivity index (χ4n) is 4.63. The van der Waals surface area contributed by atoms with Crippen molar-refractivity contribution in [2.24, 2.45) is 0 Å². The molecule has 1 atom stereocenters. The van der Waals surface area contributed by atoms with Crippen LogP contribution < -0.4 is 10.2 Å². The molecular formula is C29H41N3O3S. The number of hydrogen-bond donors (Lipinski definition) is 3. The molecule has 0 aliphatic heterocycles. The van der Waals surface area contributed by atoms with E-state index in [1.165, 1.54) is 5.56 Å². The van der Waals surface area contributed by atoms with Crippen molar-refractivity contribution in [2.45, 2.75) is 77.7 Å². The van der Waals surface area contributed by atoms with E-state index in [0.29, 0.717) is 18.5 Å². The third-order valence-corrected chi connectivity index (χ3v) is 7.72. The highest BCUT2D eigenvalue weighted by Crippen LogP contribution is 2.28. The normalized spacial score (nSPS) is 12.2. The van der Waals surface area contributed by atoms with Gasteiger partial charge in [0.1, 0.15) is 11.3 Å². The number of phenolic OH excluding ortho intramolecular Hbond substituents is 1. The van der Waals surface area contributed by atoms with Crippen LogP contribution >= 0.6 is 11.3 Å². The van der Waals surface area contributed by atoms with E-state index < -0.39 is 0 Å². The minimum atomic E-state index is -0.141. The molecule has 0 radical (unpaired) electrons. The summed E-state index contributed by atoms with van der Waals surface area (Å²) in [6, 6.07) is 14.2. The first-order chi connectivity index (χ1) is 17.5. The van der Waals surface area contributed by atoms with Crippen molar-refractivity contribution in [3.63, 3.8) is 0 Å². The van der Waals surface area contributed by atoms with Gasteiger partial charge < -0.3 is 20.3 Å². The number of nitrogens with zero attached hydrogens (tertiary/aromatic N) is 1. The Balaban J connectivity index is 1.43. The van der Waals surface area contributed by atoms with Crippen LogP contribution in [0.1, 0.15) is 69.9 Å². The molecule has 0 unspecified atom stereocenters. The number of H-pyrrole nitrogens is 1. The second-order valence-electron chi connectivity index (χ2n) is 9.59. The molecule has 6 nitrogen and oxygen atoms in total. The minimum Gasteiger partial charge on any atom is -0.506 e. The van der Waals surface area contributed by atoms with Gasteiger partial charge in [-0.05, 0) is 62.8 Å². The van der Waals surface area contributed by atoms with Gasteiger partial charge in [-0.15, -0.1) is 0 Å². The molecular weight excluding hydrogens is 470 g/mol. The fraction of sp³-hybridized carbons (Fsp3) is 0.517. The molecule has 7 heteroatoms. The molecule has 1 aromatic heterocycles. The van der Waals surface area contributed by atoms with Crippen molar-refractivity contribution in [1.82, 2.24) is 15.2 Å². The number of aromatic nitrogens is 1. The Labute approximate surface area is 218 Å². The lowest BCUT2D eigenvalue weighted by molar-refractivity contribution is -0.133. The van der Waals surface area contributed by atoms with Crippen LogP contribution in [0, 0.1) is 0 Å². The van der Waals surface area contributed by atoms with Crippen LogP contribution in [0.3, 0.4) is 0 Å². The predicted molar refractivity (Wildman–Crippen MR) is 150 cm³/mol. The number of carbonyl (C=O) groups excluding carboxylic acids is 1. The quantitative estimate of drug-likeness (QED) is 0.217. The van der Waals surface area contributed by atoms with Gasteiger partial charge in [0.2, 0.25) is 5.91 Å². The van der Waals surface area contributed by atoms with Gasteiger partial charge in [-0.25, -0.2) is 0 Å². The molecule has 0 fully saturated rings. The molecule has 0 bridgehead atoms. The summed E-state index contributed by atoms with van der Waals surface area (Å²) in [5.41, 5.74) is 2.95. The number of amides is 1. The number of carbonyl (C=O) groups is 1. The number of nitrogens with one attached hydrogen (secondary N) is 2. The molecule has 196 valence electrons. The molecule has 0 aliphatic carbocycles. The molecule has 1 amide bonds. The summed E-state index contributed by atoms with van der Waals surface area (Å²) in [5.74, 6) is 0.361. The molecule has 0 saturated heterocycles. The van der Waals surface area contributed by atoms with E-state index in [1.807, 2.05) is 12.1 Å². The van der Waals surface area contributed by atoms with Crippen LogP contribution in [-0.4, -0.2) is 46.6 Å². The first-order valence-corrected chi connectivity index (χ1v) is 14.2. The SMILES string of the molecule is CCCC[C@@H](C)N(CCCCCc1ccc(O)c2[nH]c(=O)sc12)C(=O)CCNCCc1ccccc1. The molecule has 1 heterocycles. The third-order valence-electron chi connectivity index (χ3n) is 6.76. The molecule has 3 N–H and O–H groups in total. The van der Waals surface area contributed by atoms with Gasteiger partial charge in [-0.1, -0.05) is 73.9 Å². The number of phenols is 1. The highest BCUT2D eigenvalue weighted by molar-refractivity contribution is 7.16. The van der Waals surface area contributed by atoms with Crippen LogP contribution in [0.4, 0.5) is 0 Å². The summed E-state index contributed by atoms with van der Waals surface area (Å²) in [6.07, 6.45) is 8.64. The summed E-state index contributed by atoms with van der Waals surface area (Å²) < 4.78 is 0.852. The Hall–Kier alpha value is -2.64. The van der Waals surface area contributed by atoms with E-state index in [0.717, 1.165) is 86.1 Å². The van der Waals surface area contributed by atoms with E-state index in [4.69, 9.17) is 0 Å². The van der Waals surface area contributed by atoms with Crippen molar-refractivity contribution in [2.75, 3.05) is 19.6 Å². The molecule has 0 saturated carbocycles. The smallest absolute Gasteiger partial charge is 0.305 e. The molecule has 3 rings (SSSR count). The average Bonchev–Trinajstić information content (AvgIpc) is 3.28. The van der Waals surface area contributed by atoms with Crippen LogP contribution in [0.5, 0.6) is 5.75 Å². The van der Waals surface area contributed by atoms with Gasteiger partial charge in [0, 0.05) is 25.6 Å². The Morgan fingerprint density at radius 1 is 1.06 bits per heavy atom. The summed E-state index contributed by atoms with van der Waals surface area (Å²) in [6.45, 7) is 6.74. The maximum Gasteiger partial charge on any atom is 0.305 e. The van der Waals surface area contributed by atoms with Crippen LogP contribution in [0.2, 0.25) is 0 Å². The Bertz CT molecular complexity index is 1130. The number of aryl methyl sites for hydroxylation is 1. The van der Waals surface area contributed by atoms with Crippen molar-refractivity contribution in [1.29, 1.82) is 0 Å². The first-order valence-electron chi connectivity index (χ1n) is 13.4. The monoisotopic (exact) mass is 511 g/mol. The van der Waals surface area contributed by atoms with Gasteiger partial charge in [0.15, 0.2) is 0 Å². The Morgan fingerprint density at radius 2 is 1.86 bits per heavy atom. The molecule has 2 aromatic carbocycles. The Morgan fingerprint density at radius 3 is 2.64 bits per heavy atom. The van der Waals surface area contributed by atoms with Gasteiger partial charge in [-0.3, -0.25) is 9.59 Å². The van der Waals surface area contributed by atoms with Crippen molar-refractivity contribution in [3.8, 4) is 5.75 Å². The lowest BCUT2D eigenvalue weighted by atomic mass is 10.0. The fourth-order valence-corrected chi connectivity index (χ4v) is 5.53. The number of rotatable bonds is 16. The zero-order valence-electron chi connectivity index (χ0n) is 21.7. The van der Waals surface area contributed by atoms with E-state index in [9.17, 15) is 14.7 Å². The topological polar surface area (TPSA) is 85.4 Å². The minimum absolute atomic E-state index is 0.122. The number of thiazole rings is 1. The van der Waals surface area contributed by atoms with E-state index >= 15 is 0 Å². The van der Waals surface area contributed by atoms with Crippen molar-refractivity contribution >= 4 is 27.5 Å². The van der Waals surface area contributed by atoms with E-state index in [2.05, 4.69) is 53.3 Å². The number of hydrogen-bond acceptors (Lipinski definition) is 5. The molecule has 36 heavy (non-hydrogen) atoms.